The highest BCUT2D eigenvalue weighted by Crippen LogP contribution is 2.39. The Hall–Kier alpha value is -3.81. The number of hydrogen-bond acceptors (Lipinski definition) is 6. The summed E-state index contributed by atoms with van der Waals surface area (Å²) < 4.78 is 10.9. The van der Waals surface area contributed by atoms with E-state index >= 15 is 0 Å². The van der Waals surface area contributed by atoms with Crippen molar-refractivity contribution in [1.82, 2.24) is 20.4 Å². The number of benzene rings is 2. The zero-order chi connectivity index (χ0) is 23.5. The summed E-state index contributed by atoms with van der Waals surface area (Å²) >= 11 is 0. The van der Waals surface area contributed by atoms with Gasteiger partial charge in [0.2, 0.25) is 5.82 Å². The highest BCUT2D eigenvalue weighted by atomic mass is 16.5. The number of hydrogen-bond donors (Lipinski definition) is 2. The van der Waals surface area contributed by atoms with Crippen molar-refractivity contribution < 1.29 is 19.2 Å². The predicted octanol–water partition coefficient (Wildman–Crippen LogP) is 5.06. The molecule has 1 unspecified atom stereocenters. The second kappa shape index (κ2) is 9.36. The van der Waals surface area contributed by atoms with E-state index in [0.717, 1.165) is 29.7 Å². The number of unbranched alkanes of at least 4 members (excludes halogenated alkanes) is 1. The number of aromatic nitrogens is 2. The molecule has 0 saturated heterocycles. The molecule has 33 heavy (non-hydrogen) atoms. The average molecular weight is 449 g/mol. The number of carbonyl (C=O) groups is 1. The molecule has 4 rings (SSSR count). The number of carbonyl (C=O) groups excluding carboxylic acids is 1. The van der Waals surface area contributed by atoms with Gasteiger partial charge in [-0.25, -0.2) is 4.79 Å². The van der Waals surface area contributed by atoms with E-state index in [4.69, 9.17) is 9.26 Å². The third-order valence-electron chi connectivity index (χ3n) is 5.80. The van der Waals surface area contributed by atoms with Crippen LogP contribution < -0.4 is 10.1 Å². The zero-order valence-corrected chi connectivity index (χ0v) is 19.3. The van der Waals surface area contributed by atoms with Gasteiger partial charge in [-0.15, -0.1) is 0 Å². The largest absolute Gasteiger partial charge is 0.504 e. The lowest BCUT2D eigenvalue weighted by Gasteiger charge is -2.35. The monoisotopic (exact) mass is 448 g/mol. The van der Waals surface area contributed by atoms with Gasteiger partial charge in [-0.05, 0) is 44.0 Å². The lowest BCUT2D eigenvalue weighted by molar-refractivity contribution is 0.204. The van der Waals surface area contributed by atoms with Crippen molar-refractivity contribution in [2.75, 3.05) is 13.7 Å². The standard InChI is InChI=1S/C25H28N4O4/c1-5-6-12-29-16(3)21(24-27-23(28-33-24)18-9-7-8-15(2)13-18)22(26-25(29)31)17-10-11-20(32-4)19(30)14-17/h7-11,13-14,22,30H,5-6,12H2,1-4H3,(H,26,31). The summed E-state index contributed by atoms with van der Waals surface area (Å²) in [5.74, 6) is 1.14. The Labute approximate surface area is 192 Å². The first-order chi connectivity index (χ1) is 15.9. The van der Waals surface area contributed by atoms with Crippen molar-refractivity contribution in [3.05, 3.63) is 65.2 Å². The second-order valence-corrected chi connectivity index (χ2v) is 8.11. The number of urea groups is 1. The number of aryl methyl sites for hydroxylation is 1. The summed E-state index contributed by atoms with van der Waals surface area (Å²) in [7, 11) is 1.49. The topological polar surface area (TPSA) is 101 Å². The summed E-state index contributed by atoms with van der Waals surface area (Å²) in [4.78, 5) is 19.3. The van der Waals surface area contributed by atoms with E-state index in [0.29, 0.717) is 35.1 Å². The molecule has 1 aliphatic heterocycles. The van der Waals surface area contributed by atoms with Crippen molar-refractivity contribution in [2.24, 2.45) is 0 Å². The van der Waals surface area contributed by atoms with E-state index in [1.54, 1.807) is 23.1 Å². The number of methoxy groups -OCH3 is 1. The Morgan fingerprint density at radius 2 is 2.03 bits per heavy atom. The van der Waals surface area contributed by atoms with Crippen molar-refractivity contribution in [3.63, 3.8) is 0 Å². The van der Waals surface area contributed by atoms with Gasteiger partial charge in [0.25, 0.3) is 5.89 Å². The molecule has 2 N–H and O–H groups in total. The lowest BCUT2D eigenvalue weighted by atomic mass is 9.94. The van der Waals surface area contributed by atoms with Gasteiger partial charge in [0, 0.05) is 17.8 Å². The number of nitrogens with one attached hydrogen (secondary N) is 1. The van der Waals surface area contributed by atoms with E-state index in [9.17, 15) is 9.90 Å². The van der Waals surface area contributed by atoms with Crippen LogP contribution >= 0.6 is 0 Å². The zero-order valence-electron chi connectivity index (χ0n) is 19.3. The molecule has 0 bridgehead atoms. The first-order valence-corrected chi connectivity index (χ1v) is 11.0. The fourth-order valence-electron chi connectivity index (χ4n) is 4.01. The van der Waals surface area contributed by atoms with Crippen LogP contribution in [0.5, 0.6) is 11.5 Å². The van der Waals surface area contributed by atoms with E-state index in [1.807, 2.05) is 38.1 Å². The molecule has 0 saturated carbocycles. The van der Waals surface area contributed by atoms with Gasteiger partial charge >= 0.3 is 6.03 Å². The highest BCUT2D eigenvalue weighted by molar-refractivity contribution is 5.87. The van der Waals surface area contributed by atoms with Crippen molar-refractivity contribution in [3.8, 4) is 22.9 Å². The Balaban J connectivity index is 1.81. The van der Waals surface area contributed by atoms with Crippen LogP contribution in [0.3, 0.4) is 0 Å². The van der Waals surface area contributed by atoms with Gasteiger partial charge in [-0.3, -0.25) is 4.90 Å². The second-order valence-electron chi connectivity index (χ2n) is 8.11. The van der Waals surface area contributed by atoms with Crippen LogP contribution in [0, 0.1) is 6.92 Å². The lowest BCUT2D eigenvalue weighted by Crippen LogP contribution is -2.46. The molecule has 8 nitrogen and oxygen atoms in total. The van der Waals surface area contributed by atoms with Gasteiger partial charge in [0.1, 0.15) is 0 Å². The fourth-order valence-corrected chi connectivity index (χ4v) is 4.01. The first-order valence-electron chi connectivity index (χ1n) is 11.0. The first kappa shape index (κ1) is 22.4. The van der Waals surface area contributed by atoms with Crippen LogP contribution in [-0.4, -0.2) is 39.8 Å². The van der Waals surface area contributed by atoms with Crippen LogP contribution in [0.1, 0.15) is 49.7 Å². The molecule has 0 aliphatic carbocycles. The van der Waals surface area contributed by atoms with Gasteiger partial charge in [0.05, 0.1) is 18.7 Å². The van der Waals surface area contributed by atoms with Crippen molar-refractivity contribution >= 4 is 11.6 Å². The van der Waals surface area contributed by atoms with Crippen LogP contribution in [0.15, 0.2) is 52.7 Å². The van der Waals surface area contributed by atoms with E-state index in [-0.39, 0.29) is 11.8 Å². The van der Waals surface area contributed by atoms with Crippen molar-refractivity contribution in [1.29, 1.82) is 0 Å². The number of nitrogens with zero attached hydrogens (tertiary/aromatic N) is 3. The van der Waals surface area contributed by atoms with Crippen molar-refractivity contribution in [2.45, 2.75) is 39.7 Å². The summed E-state index contributed by atoms with van der Waals surface area (Å²) in [6, 6.07) is 12.1. The molecule has 0 spiro atoms. The molecule has 1 atom stereocenters. The van der Waals surface area contributed by atoms with Gasteiger partial charge < -0.3 is 19.7 Å². The molecule has 2 aromatic carbocycles. The summed E-state index contributed by atoms with van der Waals surface area (Å²) in [6.45, 7) is 6.55. The summed E-state index contributed by atoms with van der Waals surface area (Å²) in [5.41, 5.74) is 4.07. The summed E-state index contributed by atoms with van der Waals surface area (Å²) in [6.07, 6.45) is 1.82. The van der Waals surface area contributed by atoms with E-state index < -0.39 is 6.04 Å². The van der Waals surface area contributed by atoms with Crippen LogP contribution in [0.2, 0.25) is 0 Å². The third-order valence-corrected chi connectivity index (χ3v) is 5.80. The predicted molar refractivity (Wildman–Crippen MR) is 125 cm³/mol. The molecule has 172 valence electrons. The Morgan fingerprint density at radius 3 is 2.73 bits per heavy atom. The number of allylic oxidation sites excluding steroid dienone is 1. The number of phenols is 1. The van der Waals surface area contributed by atoms with E-state index in [2.05, 4.69) is 22.4 Å². The molecular formula is C25H28N4O4. The molecule has 1 aliphatic rings. The fraction of sp³-hybridized carbons (Fsp3) is 0.320. The van der Waals surface area contributed by atoms with E-state index in [1.165, 1.54) is 7.11 Å². The number of ether oxygens (including phenoxy) is 1. The quantitative estimate of drug-likeness (QED) is 0.524. The van der Waals surface area contributed by atoms with Gasteiger partial charge in [0.15, 0.2) is 11.5 Å². The third kappa shape index (κ3) is 4.41. The number of aromatic hydroxyl groups is 1. The molecule has 2 heterocycles. The molecule has 3 aromatic rings. The molecule has 2 amide bonds. The molecule has 0 radical (unpaired) electrons. The number of rotatable bonds is 7. The van der Waals surface area contributed by atoms with Crippen LogP contribution in [0.4, 0.5) is 4.79 Å². The van der Waals surface area contributed by atoms with Crippen LogP contribution in [-0.2, 0) is 0 Å². The summed E-state index contributed by atoms with van der Waals surface area (Å²) in [5, 5.41) is 17.6. The number of amides is 2. The molecule has 1 aromatic heterocycles. The van der Waals surface area contributed by atoms with Gasteiger partial charge in [-0.2, -0.15) is 4.98 Å². The maximum Gasteiger partial charge on any atom is 0.322 e. The Kier molecular flexibility index (Phi) is 6.35. The average Bonchev–Trinajstić information content (AvgIpc) is 3.28. The van der Waals surface area contributed by atoms with Crippen LogP contribution in [0.25, 0.3) is 17.0 Å². The minimum absolute atomic E-state index is 0.0133. The SMILES string of the molecule is CCCCN1C(=O)NC(c2ccc(OC)c(O)c2)C(c2nc(-c3cccc(C)c3)no2)=C1C. The van der Waals surface area contributed by atoms with Gasteiger partial charge in [-0.1, -0.05) is 48.3 Å². The molecule has 8 heteroatoms. The Bertz CT molecular complexity index is 1200. The maximum absolute atomic E-state index is 13.0. The minimum Gasteiger partial charge on any atom is -0.504 e. The normalized spacial score (nSPS) is 16.2. The smallest absolute Gasteiger partial charge is 0.322 e. The maximum atomic E-state index is 13.0. The Morgan fingerprint density at radius 1 is 1.21 bits per heavy atom. The molecular weight excluding hydrogens is 420 g/mol. The molecule has 0 fully saturated rings. The minimum atomic E-state index is -0.571. The number of phenolic OH excluding ortho intramolecular Hbond substituents is 1. The highest BCUT2D eigenvalue weighted by Gasteiger charge is 2.35.